The third kappa shape index (κ3) is 3.17. The number of carbonyl (C=O) groups excluding carboxylic acids is 1. The van der Waals surface area contributed by atoms with Crippen LogP contribution < -0.4 is 5.32 Å². The predicted molar refractivity (Wildman–Crippen MR) is 67.7 cm³/mol. The molecule has 0 spiro atoms. The molecule has 0 aliphatic rings. The number of Topliss-reactive ketones (excluding diaryl/α,β-unsaturated/α-hetero) is 1. The fourth-order valence-corrected chi connectivity index (χ4v) is 1.77. The normalized spacial score (nSPS) is 13.5. The maximum atomic E-state index is 12.3. The van der Waals surface area contributed by atoms with Crippen molar-refractivity contribution in [2.75, 3.05) is 6.54 Å². The quantitative estimate of drug-likeness (QED) is 0.789. The second kappa shape index (κ2) is 5.26. The first-order valence-corrected chi connectivity index (χ1v) is 5.79. The predicted octanol–water partition coefficient (Wildman–Crippen LogP) is 2.89. The van der Waals surface area contributed by atoms with E-state index in [0.717, 1.165) is 12.1 Å². The molecule has 0 radical (unpaired) electrons. The third-order valence-corrected chi connectivity index (χ3v) is 2.59. The largest absolute Gasteiger partial charge is 0.307 e. The Labute approximate surface area is 98.1 Å². The summed E-state index contributed by atoms with van der Waals surface area (Å²) in [5.41, 5.74) is 0.714. The van der Waals surface area contributed by atoms with Crippen LogP contribution in [0.2, 0.25) is 0 Å². The van der Waals surface area contributed by atoms with Crippen LogP contribution in [-0.2, 0) is 0 Å². The van der Waals surface area contributed by atoms with Gasteiger partial charge in [-0.15, -0.1) is 0 Å². The van der Waals surface area contributed by atoms with E-state index in [0.29, 0.717) is 0 Å². The summed E-state index contributed by atoms with van der Waals surface area (Å²) in [6.07, 6.45) is 0. The van der Waals surface area contributed by atoms with E-state index in [1.165, 1.54) is 0 Å². The van der Waals surface area contributed by atoms with Crippen molar-refractivity contribution in [1.29, 1.82) is 0 Å². The topological polar surface area (TPSA) is 29.1 Å². The first-order chi connectivity index (χ1) is 7.46. The first kappa shape index (κ1) is 12.9. The van der Waals surface area contributed by atoms with Crippen molar-refractivity contribution in [1.82, 2.24) is 5.32 Å². The van der Waals surface area contributed by atoms with Crippen molar-refractivity contribution in [2.24, 2.45) is 5.41 Å². The monoisotopic (exact) mass is 219 g/mol. The second-order valence-electron chi connectivity index (χ2n) is 5.09. The Hall–Kier alpha value is -1.15. The highest BCUT2D eigenvalue weighted by Crippen LogP contribution is 2.22. The lowest BCUT2D eigenvalue weighted by atomic mass is 9.82. The van der Waals surface area contributed by atoms with Crippen molar-refractivity contribution in [3.05, 3.63) is 35.9 Å². The van der Waals surface area contributed by atoms with Crippen molar-refractivity contribution in [3.63, 3.8) is 0 Å². The number of ketones is 1. The Morgan fingerprint density at radius 3 is 2.25 bits per heavy atom. The molecule has 1 unspecified atom stereocenters. The van der Waals surface area contributed by atoms with Crippen molar-refractivity contribution < 1.29 is 4.79 Å². The van der Waals surface area contributed by atoms with Crippen LogP contribution in [0.3, 0.4) is 0 Å². The van der Waals surface area contributed by atoms with E-state index in [1.807, 2.05) is 37.3 Å². The van der Waals surface area contributed by atoms with Crippen LogP contribution in [0.5, 0.6) is 0 Å². The number of carbonyl (C=O) groups is 1. The molecular formula is C14H21NO. The number of hydrogen-bond donors (Lipinski definition) is 1. The van der Waals surface area contributed by atoms with E-state index in [9.17, 15) is 4.79 Å². The maximum absolute atomic E-state index is 12.3. The minimum Gasteiger partial charge on any atom is -0.307 e. The average Bonchev–Trinajstić information content (AvgIpc) is 2.25. The van der Waals surface area contributed by atoms with E-state index in [4.69, 9.17) is 0 Å². The molecule has 0 aliphatic heterocycles. The van der Waals surface area contributed by atoms with Gasteiger partial charge in [0.1, 0.15) is 0 Å². The molecule has 2 heteroatoms. The molecule has 88 valence electrons. The molecule has 1 rings (SSSR count). The number of benzene rings is 1. The molecule has 16 heavy (non-hydrogen) atoms. The molecule has 0 aromatic heterocycles. The van der Waals surface area contributed by atoms with Gasteiger partial charge < -0.3 is 5.32 Å². The lowest BCUT2D eigenvalue weighted by Crippen LogP contribution is -2.46. The third-order valence-electron chi connectivity index (χ3n) is 2.59. The van der Waals surface area contributed by atoms with E-state index >= 15 is 0 Å². The van der Waals surface area contributed by atoms with Gasteiger partial charge in [-0.25, -0.2) is 0 Å². The zero-order valence-corrected chi connectivity index (χ0v) is 10.6. The van der Waals surface area contributed by atoms with Gasteiger partial charge in [0.25, 0.3) is 0 Å². The van der Waals surface area contributed by atoms with Gasteiger partial charge in [0, 0.05) is 5.56 Å². The second-order valence-corrected chi connectivity index (χ2v) is 5.09. The van der Waals surface area contributed by atoms with Gasteiger partial charge in [0.15, 0.2) is 5.78 Å². The summed E-state index contributed by atoms with van der Waals surface area (Å²) in [6.45, 7) is 9.08. The molecular weight excluding hydrogens is 198 g/mol. The minimum absolute atomic E-state index is 0.0665. The molecule has 0 bridgehead atoms. The molecule has 0 saturated heterocycles. The average molecular weight is 219 g/mol. The summed E-state index contributed by atoms with van der Waals surface area (Å²) in [5, 5.41) is 3.27. The van der Waals surface area contributed by atoms with Crippen molar-refractivity contribution >= 4 is 5.78 Å². The zero-order valence-electron chi connectivity index (χ0n) is 10.6. The van der Waals surface area contributed by atoms with Crippen LogP contribution >= 0.6 is 0 Å². The van der Waals surface area contributed by atoms with E-state index in [-0.39, 0.29) is 17.2 Å². The summed E-state index contributed by atoms with van der Waals surface area (Å²) in [7, 11) is 0. The van der Waals surface area contributed by atoms with Crippen LogP contribution in [0, 0.1) is 5.41 Å². The fourth-order valence-electron chi connectivity index (χ4n) is 1.77. The van der Waals surface area contributed by atoms with E-state index in [1.54, 1.807) is 0 Å². The first-order valence-electron chi connectivity index (χ1n) is 5.79. The SMILES string of the molecule is CCNC(C(=O)c1ccccc1)C(C)(C)C. The van der Waals surface area contributed by atoms with Crippen LogP contribution in [0.1, 0.15) is 38.1 Å². The van der Waals surface area contributed by atoms with Gasteiger partial charge in [0.2, 0.25) is 0 Å². The molecule has 2 nitrogen and oxygen atoms in total. The summed E-state index contributed by atoms with van der Waals surface area (Å²) in [6, 6.07) is 9.35. The molecule has 0 aliphatic carbocycles. The van der Waals surface area contributed by atoms with Gasteiger partial charge in [-0.2, -0.15) is 0 Å². The van der Waals surface area contributed by atoms with Crippen molar-refractivity contribution in [3.8, 4) is 0 Å². The van der Waals surface area contributed by atoms with E-state index < -0.39 is 0 Å². The number of hydrogen-bond acceptors (Lipinski definition) is 2. The number of rotatable bonds is 4. The fraction of sp³-hybridized carbons (Fsp3) is 0.500. The molecule has 1 N–H and O–H groups in total. The standard InChI is InChI=1S/C14H21NO/c1-5-15-13(14(2,3)4)12(16)11-9-7-6-8-10-11/h6-10,13,15H,5H2,1-4H3. The van der Waals surface area contributed by atoms with Crippen LogP contribution in [0.4, 0.5) is 0 Å². The Kier molecular flexibility index (Phi) is 4.25. The highest BCUT2D eigenvalue weighted by atomic mass is 16.1. The Balaban J connectivity index is 2.92. The lowest BCUT2D eigenvalue weighted by molar-refractivity contribution is 0.0868. The summed E-state index contributed by atoms with van der Waals surface area (Å²) >= 11 is 0. The zero-order chi connectivity index (χ0) is 12.2. The molecule has 0 amide bonds. The number of nitrogens with one attached hydrogen (secondary N) is 1. The van der Waals surface area contributed by atoms with Crippen LogP contribution in [0.25, 0.3) is 0 Å². The molecule has 1 atom stereocenters. The smallest absolute Gasteiger partial charge is 0.180 e. The summed E-state index contributed by atoms with van der Waals surface area (Å²) in [5.74, 6) is 0.176. The maximum Gasteiger partial charge on any atom is 0.180 e. The summed E-state index contributed by atoms with van der Waals surface area (Å²) in [4.78, 5) is 12.3. The van der Waals surface area contributed by atoms with Gasteiger partial charge in [0.05, 0.1) is 6.04 Å². The Morgan fingerprint density at radius 2 is 1.81 bits per heavy atom. The van der Waals surface area contributed by atoms with Crippen molar-refractivity contribution in [2.45, 2.75) is 33.7 Å². The lowest BCUT2D eigenvalue weighted by Gasteiger charge is -2.30. The molecule has 0 saturated carbocycles. The molecule has 1 aromatic rings. The highest BCUT2D eigenvalue weighted by Gasteiger charge is 2.30. The Bertz CT molecular complexity index is 338. The van der Waals surface area contributed by atoms with Crippen LogP contribution in [0.15, 0.2) is 30.3 Å². The van der Waals surface area contributed by atoms with Gasteiger partial charge in [-0.05, 0) is 12.0 Å². The van der Waals surface area contributed by atoms with Gasteiger partial charge in [-0.1, -0.05) is 58.0 Å². The van der Waals surface area contributed by atoms with Crippen LogP contribution in [-0.4, -0.2) is 18.4 Å². The van der Waals surface area contributed by atoms with Gasteiger partial charge >= 0.3 is 0 Å². The minimum atomic E-state index is -0.125. The number of likely N-dealkylation sites (N-methyl/N-ethyl adjacent to an activating group) is 1. The highest BCUT2D eigenvalue weighted by molar-refractivity contribution is 6.00. The summed E-state index contributed by atoms with van der Waals surface area (Å²) < 4.78 is 0. The van der Waals surface area contributed by atoms with Gasteiger partial charge in [-0.3, -0.25) is 4.79 Å². The molecule has 1 aromatic carbocycles. The molecule has 0 fully saturated rings. The Morgan fingerprint density at radius 1 is 1.25 bits per heavy atom. The van der Waals surface area contributed by atoms with E-state index in [2.05, 4.69) is 26.1 Å². The molecule has 0 heterocycles.